The first-order valence-corrected chi connectivity index (χ1v) is 25.3. The Labute approximate surface area is 427 Å². The zero-order valence-electron chi connectivity index (χ0n) is 40.4. The van der Waals surface area contributed by atoms with Gasteiger partial charge in [-0.1, -0.05) is 97.1 Å². The molecule has 0 atom stereocenters. The summed E-state index contributed by atoms with van der Waals surface area (Å²) in [6.45, 7) is 4.14. The zero-order valence-corrected chi connectivity index (χ0v) is 40.4. The van der Waals surface area contributed by atoms with E-state index in [0.717, 1.165) is 71.0 Å². The second kappa shape index (κ2) is 18.3. The van der Waals surface area contributed by atoms with Crippen molar-refractivity contribution in [1.29, 1.82) is 0 Å². The molecule has 8 heterocycles. The van der Waals surface area contributed by atoms with Crippen LogP contribution in [0.1, 0.15) is 25.7 Å². The third kappa shape index (κ3) is 7.97. The highest BCUT2D eigenvalue weighted by Gasteiger charge is 2.23. The smallest absolute Gasteiger partial charge is 0.269 e. The third-order valence-electron chi connectivity index (χ3n) is 14.3. The second-order valence-corrected chi connectivity index (χ2v) is 19.0. The van der Waals surface area contributed by atoms with Crippen LogP contribution in [0.4, 0.5) is 11.4 Å². The topological polar surface area (TPSA) is 94.1 Å². The van der Waals surface area contributed by atoms with E-state index >= 15 is 0 Å². The van der Waals surface area contributed by atoms with Gasteiger partial charge in [0.1, 0.15) is 23.0 Å². The second-order valence-electron chi connectivity index (χ2n) is 19.0. The lowest BCUT2D eigenvalue weighted by atomic mass is 10.1. The van der Waals surface area contributed by atoms with Crippen molar-refractivity contribution in [3.8, 4) is 57.1 Å². The summed E-state index contributed by atoms with van der Waals surface area (Å²) in [5.41, 5.74) is 11.6. The molecule has 0 unspecified atom stereocenters. The fraction of sp³-hybridized carbons (Fsp3) is 0.129. The van der Waals surface area contributed by atoms with Crippen molar-refractivity contribution in [1.82, 2.24) is 29.1 Å². The van der Waals surface area contributed by atoms with Crippen molar-refractivity contribution in [3.05, 3.63) is 208 Å². The first-order valence-electron chi connectivity index (χ1n) is 25.3. The van der Waals surface area contributed by atoms with Gasteiger partial charge in [-0.15, -0.1) is 0 Å². The summed E-state index contributed by atoms with van der Waals surface area (Å²) in [6, 6.07) is 54.6. The average Bonchev–Trinajstić information content (AvgIpc) is 4.31. The predicted molar refractivity (Wildman–Crippen MR) is 288 cm³/mol. The molecule has 12 heteroatoms. The van der Waals surface area contributed by atoms with Gasteiger partial charge in [0, 0.05) is 63.1 Å². The molecule has 0 amide bonds. The zero-order chi connectivity index (χ0) is 49.0. The van der Waals surface area contributed by atoms with Crippen LogP contribution in [-0.4, -0.2) is 55.2 Å². The number of benzene rings is 6. The Kier molecular flexibility index (Phi) is 10.7. The Hall–Kier alpha value is -9.42. The van der Waals surface area contributed by atoms with Crippen LogP contribution in [0.2, 0.25) is 0 Å². The van der Waals surface area contributed by atoms with Gasteiger partial charge in [-0.25, -0.2) is 0 Å². The maximum Gasteiger partial charge on any atom is 0.269 e. The van der Waals surface area contributed by atoms with Gasteiger partial charge in [0.05, 0.1) is 80.0 Å². The average molecular weight is 965 g/mol. The van der Waals surface area contributed by atoms with Crippen LogP contribution in [0.5, 0.6) is 23.0 Å². The van der Waals surface area contributed by atoms with Crippen LogP contribution in [0.25, 0.3) is 77.7 Å². The standard InChI is InChI=1S/C62H48N10O2/c1-3-15-45-31-61(59(29-43(45)13-1)67-25-9-10-26-67)71-41-69(55-17-5-7-19-57(55)71)47-33-51(39-63-37-47)73-49-21-23-65-53(35-49)54-36-50(22-24-66-54)74-52-34-48(38-64-40-52)70-42-72(58-20-8-6-18-56(58)70)62-32-46-16-4-2-14-44(46)30-60(62)68-27-11-12-28-68/h1-8,13-24,29-40H,9-12,25-28H2. The first kappa shape index (κ1) is 43.4. The van der Waals surface area contributed by atoms with Crippen LogP contribution in [0, 0.1) is 12.7 Å². The lowest BCUT2D eigenvalue weighted by molar-refractivity contribution is -0.573. The molecule has 14 rings (SSSR count). The first-order chi connectivity index (χ1) is 36.6. The van der Waals surface area contributed by atoms with Crippen molar-refractivity contribution in [2.75, 3.05) is 36.0 Å². The highest BCUT2D eigenvalue weighted by atomic mass is 16.5. The van der Waals surface area contributed by atoms with E-state index in [-0.39, 0.29) is 0 Å². The number of para-hydroxylation sites is 4. The number of nitrogens with zero attached hydrogens (tertiary/aromatic N) is 10. The quantitative estimate of drug-likeness (QED) is 0.0935. The summed E-state index contributed by atoms with van der Waals surface area (Å²) in [4.78, 5) is 23.7. The SMILES string of the molecule is [c-]1n(-c2cc3ccccc3cc2N2CCCC2)c2ccccc2[n+]1-c1cncc(Oc2ccnc(-c3cc(Oc4cncc(-[n+]5[c-]n(-c6cc7ccccc7cc6N6CCCC6)c6ccccc65)c4)ccn3)c2)c1. The lowest BCUT2D eigenvalue weighted by Crippen LogP contribution is -2.29. The van der Waals surface area contributed by atoms with Crippen molar-refractivity contribution >= 4 is 55.0 Å². The molecule has 0 N–H and O–H groups in total. The van der Waals surface area contributed by atoms with Crippen molar-refractivity contribution in [2.45, 2.75) is 25.7 Å². The van der Waals surface area contributed by atoms with E-state index in [0.29, 0.717) is 34.4 Å². The maximum atomic E-state index is 6.51. The molecule has 0 aliphatic carbocycles. The largest absolute Gasteiger partial charge is 0.456 e. The molecule has 0 radical (unpaired) electrons. The molecular weight excluding hydrogens is 917 g/mol. The molecule has 6 aromatic heterocycles. The number of anilines is 2. The molecule has 0 spiro atoms. The van der Waals surface area contributed by atoms with Crippen LogP contribution >= 0.6 is 0 Å². The Balaban J connectivity index is 0.737. The Morgan fingerprint density at radius 1 is 0.392 bits per heavy atom. The molecule has 0 bridgehead atoms. The molecular formula is C62H48N10O2. The lowest BCUT2D eigenvalue weighted by Gasteiger charge is -2.23. The van der Waals surface area contributed by atoms with Crippen LogP contribution in [0.3, 0.4) is 0 Å². The molecule has 6 aromatic carbocycles. The molecule has 12 aromatic rings. The molecule has 2 fully saturated rings. The monoisotopic (exact) mass is 964 g/mol. The minimum absolute atomic E-state index is 0.570. The van der Waals surface area contributed by atoms with E-state index < -0.39 is 0 Å². The summed E-state index contributed by atoms with van der Waals surface area (Å²) in [6.07, 6.45) is 22.7. The Morgan fingerprint density at radius 3 is 1.22 bits per heavy atom. The number of hydrogen-bond donors (Lipinski definition) is 0. The minimum Gasteiger partial charge on any atom is -0.456 e. The predicted octanol–water partition coefficient (Wildman–Crippen LogP) is 12.1. The van der Waals surface area contributed by atoms with Gasteiger partial charge in [0.15, 0.2) is 0 Å². The summed E-state index contributed by atoms with van der Waals surface area (Å²) >= 11 is 0. The van der Waals surface area contributed by atoms with Crippen molar-refractivity contribution in [3.63, 3.8) is 0 Å². The van der Waals surface area contributed by atoms with Gasteiger partial charge in [-0.3, -0.25) is 38.2 Å². The summed E-state index contributed by atoms with van der Waals surface area (Å²) in [5.74, 6) is 2.32. The molecule has 2 aliphatic rings. The van der Waals surface area contributed by atoms with Gasteiger partial charge in [-0.05, 0) is 95.8 Å². The van der Waals surface area contributed by atoms with Gasteiger partial charge < -0.3 is 19.3 Å². The fourth-order valence-corrected chi connectivity index (χ4v) is 10.7. The van der Waals surface area contributed by atoms with E-state index in [4.69, 9.17) is 9.47 Å². The summed E-state index contributed by atoms with van der Waals surface area (Å²) in [7, 11) is 0. The summed E-state index contributed by atoms with van der Waals surface area (Å²) in [5, 5.41) is 4.83. The van der Waals surface area contributed by atoms with E-state index in [1.165, 1.54) is 58.6 Å². The van der Waals surface area contributed by atoms with Crippen LogP contribution in [-0.2, 0) is 0 Å². The van der Waals surface area contributed by atoms with E-state index in [2.05, 4.69) is 182 Å². The maximum absolute atomic E-state index is 6.51. The van der Waals surface area contributed by atoms with Gasteiger partial charge >= 0.3 is 0 Å². The highest BCUT2D eigenvalue weighted by Crippen LogP contribution is 2.37. The van der Waals surface area contributed by atoms with Gasteiger partial charge in [0.2, 0.25) is 0 Å². The van der Waals surface area contributed by atoms with Crippen LogP contribution < -0.4 is 28.4 Å². The Morgan fingerprint density at radius 2 is 0.784 bits per heavy atom. The number of ether oxygens (including phenoxy) is 2. The molecule has 74 heavy (non-hydrogen) atoms. The normalized spacial score (nSPS) is 13.7. The highest BCUT2D eigenvalue weighted by molar-refractivity contribution is 5.93. The number of fused-ring (bicyclic) bond motifs is 4. The summed E-state index contributed by atoms with van der Waals surface area (Å²) < 4.78 is 21.5. The number of imidazole rings is 2. The van der Waals surface area contributed by atoms with E-state index in [1.807, 2.05) is 48.8 Å². The van der Waals surface area contributed by atoms with Gasteiger partial charge in [0.25, 0.3) is 12.7 Å². The van der Waals surface area contributed by atoms with Crippen LogP contribution in [0.15, 0.2) is 195 Å². The number of hydrogen-bond acceptors (Lipinski definition) is 8. The van der Waals surface area contributed by atoms with Gasteiger partial charge in [-0.2, -0.15) is 0 Å². The fourth-order valence-electron chi connectivity index (χ4n) is 10.7. The molecule has 0 saturated carbocycles. The molecule has 2 saturated heterocycles. The van der Waals surface area contributed by atoms with Crippen molar-refractivity contribution < 1.29 is 18.6 Å². The minimum atomic E-state index is 0.570. The number of aromatic nitrogens is 8. The Bertz CT molecular complexity index is 3830. The number of rotatable bonds is 11. The van der Waals surface area contributed by atoms with E-state index in [1.54, 1.807) is 24.8 Å². The number of pyridine rings is 4. The van der Waals surface area contributed by atoms with Crippen molar-refractivity contribution in [2.24, 2.45) is 0 Å². The van der Waals surface area contributed by atoms with E-state index in [9.17, 15) is 0 Å². The molecule has 358 valence electrons. The third-order valence-corrected chi connectivity index (χ3v) is 14.3. The molecule has 2 aliphatic heterocycles. The molecule has 12 nitrogen and oxygen atoms in total.